The number of likely N-dealkylation sites (tertiary alicyclic amines) is 2. The summed E-state index contributed by atoms with van der Waals surface area (Å²) in [5.41, 5.74) is -0.0556. The SMILES string of the molecule is COCCN1CCC2(CCN(CC3CCOCC3)CC2)C1=O. The second kappa shape index (κ2) is 7.28. The van der Waals surface area contributed by atoms with Crippen LogP contribution in [0.3, 0.4) is 0 Å². The number of hydrogen-bond acceptors (Lipinski definition) is 4. The zero-order valence-electron chi connectivity index (χ0n) is 13.9. The van der Waals surface area contributed by atoms with Gasteiger partial charge in [0.2, 0.25) is 5.91 Å². The summed E-state index contributed by atoms with van der Waals surface area (Å²) in [5.74, 6) is 1.18. The lowest BCUT2D eigenvalue weighted by Gasteiger charge is -2.39. The first kappa shape index (κ1) is 16.2. The second-order valence-electron chi connectivity index (χ2n) is 7.17. The van der Waals surface area contributed by atoms with Gasteiger partial charge in [-0.3, -0.25) is 4.79 Å². The Morgan fingerprint density at radius 2 is 1.86 bits per heavy atom. The van der Waals surface area contributed by atoms with E-state index in [4.69, 9.17) is 9.47 Å². The summed E-state index contributed by atoms with van der Waals surface area (Å²) in [6, 6.07) is 0. The zero-order valence-corrected chi connectivity index (χ0v) is 13.9. The molecule has 1 amide bonds. The highest BCUT2D eigenvalue weighted by molar-refractivity contribution is 5.85. The van der Waals surface area contributed by atoms with E-state index in [9.17, 15) is 4.79 Å². The third kappa shape index (κ3) is 3.47. The Bertz CT molecular complexity index is 374. The molecular formula is C17H30N2O3. The van der Waals surface area contributed by atoms with Gasteiger partial charge in [0.15, 0.2) is 0 Å². The highest BCUT2D eigenvalue weighted by Gasteiger charge is 2.47. The van der Waals surface area contributed by atoms with E-state index in [-0.39, 0.29) is 5.41 Å². The molecule has 3 aliphatic rings. The fourth-order valence-corrected chi connectivity index (χ4v) is 4.23. The summed E-state index contributed by atoms with van der Waals surface area (Å²) < 4.78 is 10.6. The summed E-state index contributed by atoms with van der Waals surface area (Å²) in [5, 5.41) is 0. The molecule has 0 aromatic carbocycles. The van der Waals surface area contributed by atoms with Crippen molar-refractivity contribution in [1.82, 2.24) is 9.80 Å². The summed E-state index contributed by atoms with van der Waals surface area (Å²) in [7, 11) is 1.70. The van der Waals surface area contributed by atoms with Crippen LogP contribution in [-0.2, 0) is 14.3 Å². The Balaban J connectivity index is 1.47. The number of ether oxygens (including phenoxy) is 2. The van der Waals surface area contributed by atoms with Gasteiger partial charge in [0, 0.05) is 40.0 Å². The van der Waals surface area contributed by atoms with Crippen LogP contribution in [0.5, 0.6) is 0 Å². The summed E-state index contributed by atoms with van der Waals surface area (Å²) in [4.78, 5) is 17.3. The third-order valence-corrected chi connectivity index (χ3v) is 5.84. The number of rotatable bonds is 5. The molecule has 0 aromatic rings. The monoisotopic (exact) mass is 310 g/mol. The molecule has 3 saturated heterocycles. The van der Waals surface area contributed by atoms with E-state index >= 15 is 0 Å². The van der Waals surface area contributed by atoms with E-state index < -0.39 is 0 Å². The maximum atomic E-state index is 12.7. The van der Waals surface area contributed by atoms with Gasteiger partial charge in [0.1, 0.15) is 0 Å². The van der Waals surface area contributed by atoms with Crippen molar-refractivity contribution in [1.29, 1.82) is 0 Å². The normalized spacial score (nSPS) is 27.0. The molecule has 126 valence electrons. The Hall–Kier alpha value is -0.650. The number of piperidine rings is 1. The van der Waals surface area contributed by atoms with Gasteiger partial charge in [-0.1, -0.05) is 0 Å². The van der Waals surface area contributed by atoms with Crippen molar-refractivity contribution >= 4 is 5.91 Å². The molecule has 3 aliphatic heterocycles. The number of carbonyl (C=O) groups is 1. The van der Waals surface area contributed by atoms with Gasteiger partial charge in [0.05, 0.1) is 12.0 Å². The first-order valence-corrected chi connectivity index (χ1v) is 8.82. The molecule has 0 N–H and O–H groups in total. The standard InChI is InChI=1S/C17H30N2O3/c1-21-13-10-19-9-6-17(16(19)20)4-7-18(8-5-17)14-15-2-11-22-12-3-15/h15H,2-14H2,1H3. The van der Waals surface area contributed by atoms with Gasteiger partial charge < -0.3 is 19.3 Å². The van der Waals surface area contributed by atoms with Crippen LogP contribution >= 0.6 is 0 Å². The van der Waals surface area contributed by atoms with Crippen molar-refractivity contribution < 1.29 is 14.3 Å². The second-order valence-corrected chi connectivity index (χ2v) is 7.17. The Morgan fingerprint density at radius 1 is 1.18 bits per heavy atom. The van der Waals surface area contributed by atoms with E-state index in [0.717, 1.165) is 64.6 Å². The van der Waals surface area contributed by atoms with E-state index in [1.807, 2.05) is 4.90 Å². The quantitative estimate of drug-likeness (QED) is 0.769. The predicted octanol–water partition coefficient (Wildman–Crippen LogP) is 1.37. The van der Waals surface area contributed by atoms with E-state index in [2.05, 4.69) is 4.90 Å². The summed E-state index contributed by atoms with van der Waals surface area (Å²) in [6.07, 6.45) is 5.52. The lowest BCUT2D eigenvalue weighted by atomic mass is 9.77. The molecule has 0 bridgehead atoms. The van der Waals surface area contributed by atoms with Crippen LogP contribution in [0.4, 0.5) is 0 Å². The Labute approximate surface area is 133 Å². The number of hydrogen-bond donors (Lipinski definition) is 0. The molecule has 0 atom stereocenters. The van der Waals surface area contributed by atoms with Crippen LogP contribution in [0.2, 0.25) is 0 Å². The highest BCUT2D eigenvalue weighted by Crippen LogP contribution is 2.41. The molecule has 22 heavy (non-hydrogen) atoms. The summed E-state index contributed by atoms with van der Waals surface area (Å²) in [6.45, 7) is 7.54. The molecule has 1 spiro atoms. The van der Waals surface area contributed by atoms with Crippen LogP contribution < -0.4 is 0 Å². The number of carbonyl (C=O) groups excluding carboxylic acids is 1. The van der Waals surface area contributed by atoms with Crippen molar-refractivity contribution in [3.63, 3.8) is 0 Å². The molecule has 0 aliphatic carbocycles. The molecular weight excluding hydrogens is 280 g/mol. The van der Waals surface area contributed by atoms with Crippen LogP contribution in [0, 0.1) is 11.3 Å². The minimum atomic E-state index is -0.0556. The maximum absolute atomic E-state index is 12.7. The van der Waals surface area contributed by atoms with Crippen molar-refractivity contribution in [3.05, 3.63) is 0 Å². The summed E-state index contributed by atoms with van der Waals surface area (Å²) >= 11 is 0. The van der Waals surface area contributed by atoms with E-state index in [1.54, 1.807) is 7.11 Å². The topological polar surface area (TPSA) is 42.0 Å². The van der Waals surface area contributed by atoms with Gasteiger partial charge in [-0.25, -0.2) is 0 Å². The van der Waals surface area contributed by atoms with Crippen molar-refractivity contribution in [2.45, 2.75) is 32.1 Å². The lowest BCUT2D eigenvalue weighted by molar-refractivity contribution is -0.139. The van der Waals surface area contributed by atoms with Crippen molar-refractivity contribution in [2.75, 3.05) is 59.7 Å². The van der Waals surface area contributed by atoms with Crippen molar-refractivity contribution in [2.24, 2.45) is 11.3 Å². The molecule has 3 rings (SSSR count). The van der Waals surface area contributed by atoms with Crippen LogP contribution in [0.15, 0.2) is 0 Å². The largest absolute Gasteiger partial charge is 0.383 e. The Kier molecular flexibility index (Phi) is 5.37. The maximum Gasteiger partial charge on any atom is 0.229 e. The fourth-order valence-electron chi connectivity index (χ4n) is 4.23. The van der Waals surface area contributed by atoms with Crippen LogP contribution in [0.1, 0.15) is 32.1 Å². The first-order valence-electron chi connectivity index (χ1n) is 8.82. The van der Waals surface area contributed by atoms with Crippen molar-refractivity contribution in [3.8, 4) is 0 Å². The lowest BCUT2D eigenvalue weighted by Crippen LogP contribution is -2.46. The number of amides is 1. The van der Waals surface area contributed by atoms with Crippen LogP contribution in [-0.4, -0.2) is 75.4 Å². The molecule has 5 nitrogen and oxygen atoms in total. The van der Waals surface area contributed by atoms with E-state index in [1.165, 1.54) is 19.4 Å². The third-order valence-electron chi connectivity index (χ3n) is 5.84. The van der Waals surface area contributed by atoms with Gasteiger partial charge in [-0.2, -0.15) is 0 Å². The van der Waals surface area contributed by atoms with E-state index in [0.29, 0.717) is 12.5 Å². The minimum absolute atomic E-state index is 0.0556. The molecule has 0 saturated carbocycles. The first-order chi connectivity index (χ1) is 10.7. The van der Waals surface area contributed by atoms with Gasteiger partial charge in [0.25, 0.3) is 0 Å². The van der Waals surface area contributed by atoms with Gasteiger partial charge in [-0.05, 0) is 51.1 Å². The molecule has 0 aromatic heterocycles. The molecule has 3 heterocycles. The van der Waals surface area contributed by atoms with Gasteiger partial charge >= 0.3 is 0 Å². The minimum Gasteiger partial charge on any atom is -0.383 e. The zero-order chi connectivity index (χ0) is 15.4. The van der Waals surface area contributed by atoms with Gasteiger partial charge in [-0.15, -0.1) is 0 Å². The smallest absolute Gasteiger partial charge is 0.229 e. The number of nitrogens with zero attached hydrogens (tertiary/aromatic N) is 2. The average molecular weight is 310 g/mol. The molecule has 3 fully saturated rings. The Morgan fingerprint density at radius 3 is 2.55 bits per heavy atom. The number of methoxy groups -OCH3 is 1. The van der Waals surface area contributed by atoms with Crippen LogP contribution in [0.25, 0.3) is 0 Å². The molecule has 0 unspecified atom stereocenters. The fraction of sp³-hybridized carbons (Fsp3) is 0.941. The average Bonchev–Trinajstić information content (AvgIpc) is 2.85. The molecule has 0 radical (unpaired) electrons. The predicted molar refractivity (Wildman–Crippen MR) is 84.7 cm³/mol. The molecule has 5 heteroatoms. The highest BCUT2D eigenvalue weighted by atomic mass is 16.5.